The van der Waals surface area contributed by atoms with Crippen LogP contribution in [0.1, 0.15) is 52.3 Å². The number of rotatable bonds is 7. The summed E-state index contributed by atoms with van der Waals surface area (Å²) in [7, 11) is -1.33. The molecule has 2 aromatic carbocycles. The third-order valence-corrected chi connectivity index (χ3v) is 10.7. The summed E-state index contributed by atoms with van der Waals surface area (Å²) in [6, 6.07) is 23.9. The van der Waals surface area contributed by atoms with E-state index in [1.165, 1.54) is 25.1 Å². The Morgan fingerprint density at radius 2 is 1.58 bits per heavy atom. The molecule has 0 bridgehead atoms. The van der Waals surface area contributed by atoms with Gasteiger partial charge in [-0.1, -0.05) is 89.2 Å². The molecule has 3 nitrogen and oxygen atoms in total. The number of benzene rings is 2. The van der Waals surface area contributed by atoms with E-state index in [-0.39, 0.29) is 31.8 Å². The summed E-state index contributed by atoms with van der Waals surface area (Å²) in [6.45, 7) is 12.1. The summed E-state index contributed by atoms with van der Waals surface area (Å²) < 4.78 is 12.7. The zero-order valence-corrected chi connectivity index (χ0v) is 24.6. The highest BCUT2D eigenvalue weighted by Crippen LogP contribution is 2.35. The third-order valence-electron chi connectivity index (χ3n) is 5.67. The van der Waals surface area contributed by atoms with Crippen LogP contribution in [-0.2, 0) is 9.84 Å². The second-order valence-corrected chi connectivity index (χ2v) is 15.6. The number of hydrogen-bond donors (Lipinski definition) is 1. The summed E-state index contributed by atoms with van der Waals surface area (Å²) in [5, 5.41) is 2.59. The maximum Gasteiger partial charge on any atom is 0.282 e. The van der Waals surface area contributed by atoms with Crippen molar-refractivity contribution < 1.29 is 4.43 Å². The molecule has 173 valence electrons. The largest absolute Gasteiger partial charge is 0.407 e. The second kappa shape index (κ2) is 10.1. The van der Waals surface area contributed by atoms with Crippen molar-refractivity contribution >= 4 is 65.5 Å². The molecule has 2 heterocycles. The molecule has 3 aromatic rings. The number of nitrogens with zero attached hydrogens (tertiary/aromatic N) is 1. The molecule has 0 saturated heterocycles. The SMILES string of the molecule is CC(C)(CO[Si](c1ccccc1)c1ccc(C(C)(C)C)cc1)CC1=INc2ccc(Br)nc21. The number of aromatic nitrogens is 1. The Balaban J connectivity index is 1.52. The van der Waals surface area contributed by atoms with Crippen molar-refractivity contribution in [3.05, 3.63) is 82.6 Å². The van der Waals surface area contributed by atoms with E-state index >= 15 is 0 Å². The van der Waals surface area contributed by atoms with E-state index in [2.05, 4.69) is 115 Å². The highest BCUT2D eigenvalue weighted by Gasteiger charge is 2.29. The van der Waals surface area contributed by atoms with E-state index in [1.807, 2.05) is 6.07 Å². The number of hydrogen-bond acceptors (Lipinski definition) is 3. The second-order valence-electron chi connectivity index (χ2n) is 10.3. The predicted octanol–water partition coefficient (Wildman–Crippen LogP) is 6.21. The summed E-state index contributed by atoms with van der Waals surface area (Å²) >= 11 is 3.30. The van der Waals surface area contributed by atoms with Crippen LogP contribution < -0.4 is 13.9 Å². The Bertz CT molecular complexity index is 1140. The highest BCUT2D eigenvalue weighted by molar-refractivity contribution is 14.2. The fraction of sp³-hybridized carbons (Fsp3) is 0.333. The van der Waals surface area contributed by atoms with Crippen molar-refractivity contribution in [2.45, 2.75) is 46.5 Å². The molecule has 6 heteroatoms. The summed E-state index contributed by atoms with van der Waals surface area (Å²) in [6.07, 6.45) is 0.997. The number of halogens is 2. The number of fused-ring (bicyclic) bond motifs is 1. The zero-order valence-electron chi connectivity index (χ0n) is 19.9. The van der Waals surface area contributed by atoms with Crippen LogP contribution in [0.15, 0.2) is 71.3 Å². The first-order valence-electron chi connectivity index (χ1n) is 11.2. The molecule has 0 saturated carbocycles. The van der Waals surface area contributed by atoms with Gasteiger partial charge < -0.3 is 7.96 Å². The molecule has 1 radical (unpaired) electrons. The Morgan fingerprint density at radius 1 is 0.909 bits per heavy atom. The van der Waals surface area contributed by atoms with Crippen LogP contribution in [0.25, 0.3) is 0 Å². The average molecular weight is 634 g/mol. The first-order valence-corrected chi connectivity index (χ1v) is 15.6. The molecular weight excluding hydrogens is 603 g/mol. The molecule has 33 heavy (non-hydrogen) atoms. The Kier molecular flexibility index (Phi) is 7.58. The molecule has 1 aromatic heterocycles. The minimum atomic E-state index is -1.33. The average Bonchev–Trinajstić information content (AvgIpc) is 3.15. The first kappa shape index (κ1) is 24.8. The van der Waals surface area contributed by atoms with E-state index in [9.17, 15) is 0 Å². The van der Waals surface area contributed by atoms with Gasteiger partial charge in [0, 0.05) is 31.1 Å². The van der Waals surface area contributed by atoms with Gasteiger partial charge >= 0.3 is 0 Å². The monoisotopic (exact) mass is 633 g/mol. The number of anilines is 1. The van der Waals surface area contributed by atoms with Crippen molar-refractivity contribution in [3.8, 4) is 0 Å². The van der Waals surface area contributed by atoms with Gasteiger partial charge in [-0.05, 0) is 61.3 Å². The maximum atomic E-state index is 6.78. The molecule has 1 aliphatic rings. The van der Waals surface area contributed by atoms with Crippen molar-refractivity contribution in [3.63, 3.8) is 0 Å². The highest BCUT2D eigenvalue weighted by atomic mass is 127. The molecule has 0 atom stereocenters. The fourth-order valence-electron chi connectivity index (χ4n) is 3.77. The standard InChI is InChI=1S/C27H31BrIN2OSi/c1-26(2,3)19-11-13-21(14-12-19)33(20-9-7-6-8-10-20)32-18-27(4,5)17-22-25-23(31-29-22)15-16-24(28)30-25/h6-16,31H,17-18H2,1-5H3. The predicted molar refractivity (Wildman–Crippen MR) is 155 cm³/mol. The van der Waals surface area contributed by atoms with Gasteiger partial charge in [0.15, 0.2) is 0 Å². The van der Waals surface area contributed by atoms with Crippen LogP contribution in [0.4, 0.5) is 5.69 Å². The van der Waals surface area contributed by atoms with E-state index in [1.54, 1.807) is 0 Å². The molecule has 0 unspecified atom stereocenters. The van der Waals surface area contributed by atoms with Crippen molar-refractivity contribution in [2.24, 2.45) is 5.41 Å². The molecule has 1 aliphatic heterocycles. The fourth-order valence-corrected chi connectivity index (χ4v) is 9.19. The summed E-state index contributed by atoms with van der Waals surface area (Å²) in [5.74, 6) is 0. The van der Waals surface area contributed by atoms with Crippen LogP contribution in [0, 0.1) is 5.41 Å². The minimum absolute atomic E-state index is 0.0262. The van der Waals surface area contributed by atoms with Gasteiger partial charge in [-0.3, -0.25) is 0 Å². The minimum Gasteiger partial charge on any atom is -0.407 e. The van der Waals surface area contributed by atoms with Gasteiger partial charge in [-0.25, -0.2) is 4.98 Å². The van der Waals surface area contributed by atoms with Crippen LogP contribution in [-0.4, -0.2) is 24.1 Å². The third kappa shape index (κ3) is 6.21. The normalized spacial score (nSPS) is 13.8. The zero-order chi connectivity index (χ0) is 23.6. The van der Waals surface area contributed by atoms with Crippen molar-refractivity contribution in [2.75, 3.05) is 10.1 Å². The molecule has 0 spiro atoms. The van der Waals surface area contributed by atoms with Crippen LogP contribution >= 0.6 is 36.9 Å². The number of nitrogens with one attached hydrogen (secondary N) is 1. The molecule has 0 fully saturated rings. The van der Waals surface area contributed by atoms with E-state index in [0.717, 1.165) is 16.7 Å². The van der Waals surface area contributed by atoms with Crippen LogP contribution in [0.2, 0.25) is 0 Å². The Hall–Kier alpha value is -1.35. The summed E-state index contributed by atoms with van der Waals surface area (Å²) in [4.78, 5) is 4.75. The Labute approximate surface area is 218 Å². The van der Waals surface area contributed by atoms with Crippen LogP contribution in [0.3, 0.4) is 0 Å². The lowest BCUT2D eigenvalue weighted by Gasteiger charge is -2.28. The molecular formula is C27H31BrIN2OSi. The lowest BCUT2D eigenvalue weighted by Crippen LogP contribution is -2.46. The van der Waals surface area contributed by atoms with Crippen molar-refractivity contribution in [1.82, 2.24) is 4.98 Å². The van der Waals surface area contributed by atoms with Gasteiger partial charge in [-0.15, -0.1) is 0 Å². The van der Waals surface area contributed by atoms with Gasteiger partial charge in [0.2, 0.25) is 0 Å². The Morgan fingerprint density at radius 3 is 2.24 bits per heavy atom. The topological polar surface area (TPSA) is 34.1 Å². The van der Waals surface area contributed by atoms with E-state index in [0.29, 0.717) is 6.61 Å². The quantitative estimate of drug-likeness (QED) is 0.145. The lowest BCUT2D eigenvalue weighted by molar-refractivity contribution is 0.193. The molecule has 0 aliphatic carbocycles. The van der Waals surface area contributed by atoms with Gasteiger partial charge in [0.05, 0.1) is 11.4 Å². The van der Waals surface area contributed by atoms with Crippen LogP contribution in [0.5, 0.6) is 0 Å². The summed E-state index contributed by atoms with van der Waals surface area (Å²) in [5.41, 5.74) is 3.84. The molecule has 4 rings (SSSR count). The molecule has 1 N–H and O–H groups in total. The number of pyridine rings is 1. The van der Waals surface area contributed by atoms with E-state index < -0.39 is 9.04 Å². The van der Waals surface area contributed by atoms with Crippen molar-refractivity contribution in [1.29, 1.82) is 0 Å². The van der Waals surface area contributed by atoms with E-state index in [4.69, 9.17) is 9.41 Å². The van der Waals surface area contributed by atoms with Gasteiger partial charge in [0.25, 0.3) is 9.04 Å². The maximum absolute atomic E-state index is 6.78. The smallest absolute Gasteiger partial charge is 0.282 e. The lowest BCUT2D eigenvalue weighted by atomic mass is 9.87. The van der Waals surface area contributed by atoms with Gasteiger partial charge in [-0.2, -0.15) is 0 Å². The molecule has 0 amide bonds. The van der Waals surface area contributed by atoms with Gasteiger partial charge in [0.1, 0.15) is 4.60 Å². The first-order chi connectivity index (χ1) is 15.6.